The van der Waals surface area contributed by atoms with E-state index in [2.05, 4.69) is 0 Å². The van der Waals surface area contributed by atoms with Gasteiger partial charge in [0.2, 0.25) is 0 Å². The first-order valence-electron chi connectivity index (χ1n) is 7.58. The van der Waals surface area contributed by atoms with E-state index in [9.17, 15) is 0 Å². The third kappa shape index (κ3) is 4.51. The van der Waals surface area contributed by atoms with Crippen molar-refractivity contribution in [1.82, 2.24) is 0 Å². The molecule has 3 aromatic rings. The molecule has 3 rings (SSSR count). The molecule has 0 radical (unpaired) electrons. The van der Waals surface area contributed by atoms with Gasteiger partial charge in [-0.1, -0.05) is 42.5 Å². The Hall–Kier alpha value is -2.49. The maximum Gasteiger partial charge on any atom is 0.170 e. The molecule has 0 aliphatic carbocycles. The maximum absolute atomic E-state index is 5.99. The number of benzene rings is 3. The van der Waals surface area contributed by atoms with Crippen molar-refractivity contribution in [3.8, 4) is 23.0 Å². The second kappa shape index (κ2) is 8.39. The van der Waals surface area contributed by atoms with E-state index in [1.165, 1.54) is 0 Å². The Kier molecular flexibility index (Phi) is 6.24. The van der Waals surface area contributed by atoms with Gasteiger partial charge in [0.25, 0.3) is 0 Å². The number of ether oxygens (including phenoxy) is 2. The van der Waals surface area contributed by atoms with Gasteiger partial charge in [-0.15, -0.1) is 12.4 Å². The molecule has 0 heterocycles. The van der Waals surface area contributed by atoms with E-state index < -0.39 is 0 Å². The van der Waals surface area contributed by atoms with E-state index in [1.807, 2.05) is 85.8 Å². The van der Waals surface area contributed by atoms with Gasteiger partial charge in [-0.2, -0.15) is 0 Å². The van der Waals surface area contributed by atoms with Crippen molar-refractivity contribution in [3.05, 3.63) is 84.4 Å². The molecule has 24 heavy (non-hydrogen) atoms. The molecule has 2 N–H and O–H groups in total. The summed E-state index contributed by atoms with van der Waals surface area (Å²) in [4.78, 5) is 0. The van der Waals surface area contributed by atoms with Crippen LogP contribution in [0.5, 0.6) is 23.0 Å². The largest absolute Gasteiger partial charge is 0.453 e. The minimum atomic E-state index is -0.0705. The molecule has 0 saturated carbocycles. The lowest BCUT2D eigenvalue weighted by Crippen LogP contribution is -2.05. The average molecular weight is 342 g/mol. The Bertz CT molecular complexity index is 761. The summed E-state index contributed by atoms with van der Waals surface area (Å²) in [7, 11) is 0. The number of nitrogens with two attached hydrogens (primary N) is 1. The van der Waals surface area contributed by atoms with Crippen LogP contribution in [0.3, 0.4) is 0 Å². The fourth-order valence-electron chi connectivity index (χ4n) is 2.20. The number of hydrogen-bond donors (Lipinski definition) is 1. The van der Waals surface area contributed by atoms with E-state index in [4.69, 9.17) is 15.2 Å². The average Bonchev–Trinajstić information content (AvgIpc) is 2.58. The van der Waals surface area contributed by atoms with Crippen LogP contribution in [0.15, 0.2) is 78.9 Å². The van der Waals surface area contributed by atoms with Gasteiger partial charge in [-0.05, 0) is 48.9 Å². The molecule has 3 aromatic carbocycles. The first kappa shape index (κ1) is 17.9. The predicted molar refractivity (Wildman–Crippen MR) is 99.3 cm³/mol. The molecule has 0 bridgehead atoms. The monoisotopic (exact) mass is 341 g/mol. The topological polar surface area (TPSA) is 44.5 Å². The van der Waals surface area contributed by atoms with Crippen molar-refractivity contribution in [1.29, 1.82) is 0 Å². The Morgan fingerprint density at radius 3 is 1.71 bits per heavy atom. The van der Waals surface area contributed by atoms with E-state index in [1.54, 1.807) is 0 Å². The van der Waals surface area contributed by atoms with Crippen LogP contribution in [0.4, 0.5) is 0 Å². The van der Waals surface area contributed by atoms with Gasteiger partial charge in [0.05, 0.1) is 0 Å². The minimum Gasteiger partial charge on any atom is -0.453 e. The van der Waals surface area contributed by atoms with E-state index in [0.717, 1.165) is 17.1 Å². The number of halogens is 1. The zero-order chi connectivity index (χ0) is 16.1. The van der Waals surface area contributed by atoms with Crippen LogP contribution in [0.25, 0.3) is 0 Å². The van der Waals surface area contributed by atoms with Crippen LogP contribution >= 0.6 is 12.4 Å². The van der Waals surface area contributed by atoms with Gasteiger partial charge in [0.1, 0.15) is 11.5 Å². The molecule has 0 amide bonds. The Balaban J connectivity index is 0.00000208. The smallest absolute Gasteiger partial charge is 0.170 e. The molecule has 0 aliphatic heterocycles. The molecular formula is C20H20ClNO2. The van der Waals surface area contributed by atoms with Crippen LogP contribution < -0.4 is 15.2 Å². The first-order valence-corrected chi connectivity index (χ1v) is 7.58. The molecule has 0 aliphatic rings. The molecule has 3 nitrogen and oxygen atoms in total. The van der Waals surface area contributed by atoms with Crippen molar-refractivity contribution in [2.45, 2.75) is 13.0 Å². The summed E-state index contributed by atoms with van der Waals surface area (Å²) in [6, 6.07) is 25.0. The summed E-state index contributed by atoms with van der Waals surface area (Å²) < 4.78 is 11.9. The lowest BCUT2D eigenvalue weighted by atomic mass is 10.1. The highest BCUT2D eigenvalue weighted by Gasteiger charge is 2.11. The molecular weight excluding hydrogens is 322 g/mol. The molecule has 4 heteroatoms. The molecule has 0 unspecified atom stereocenters. The highest BCUT2D eigenvalue weighted by Crippen LogP contribution is 2.36. The lowest BCUT2D eigenvalue weighted by Gasteiger charge is -2.15. The Morgan fingerprint density at radius 1 is 0.708 bits per heavy atom. The van der Waals surface area contributed by atoms with E-state index >= 15 is 0 Å². The fourth-order valence-corrected chi connectivity index (χ4v) is 2.20. The van der Waals surface area contributed by atoms with Crippen LogP contribution in [0, 0.1) is 0 Å². The fraction of sp³-hybridized carbons (Fsp3) is 0.100. The highest BCUT2D eigenvalue weighted by atomic mass is 35.5. The van der Waals surface area contributed by atoms with Crippen LogP contribution in [0.1, 0.15) is 18.5 Å². The van der Waals surface area contributed by atoms with Crippen LogP contribution in [-0.2, 0) is 0 Å². The summed E-state index contributed by atoms with van der Waals surface area (Å²) in [6.07, 6.45) is 0. The van der Waals surface area contributed by atoms with Crippen molar-refractivity contribution in [2.75, 3.05) is 0 Å². The van der Waals surface area contributed by atoms with Crippen LogP contribution in [-0.4, -0.2) is 0 Å². The van der Waals surface area contributed by atoms with Crippen LogP contribution in [0.2, 0.25) is 0 Å². The molecule has 0 fully saturated rings. The van der Waals surface area contributed by atoms with Gasteiger partial charge in [0.15, 0.2) is 11.5 Å². The lowest BCUT2D eigenvalue weighted by molar-refractivity contribution is 0.418. The van der Waals surface area contributed by atoms with Gasteiger partial charge < -0.3 is 15.2 Å². The number of para-hydroxylation sites is 2. The van der Waals surface area contributed by atoms with Crippen molar-refractivity contribution < 1.29 is 9.47 Å². The molecule has 0 saturated heterocycles. The van der Waals surface area contributed by atoms with Crippen molar-refractivity contribution in [3.63, 3.8) is 0 Å². The zero-order valence-corrected chi connectivity index (χ0v) is 14.2. The van der Waals surface area contributed by atoms with Gasteiger partial charge in [-0.25, -0.2) is 0 Å². The van der Waals surface area contributed by atoms with E-state index in [0.29, 0.717) is 11.5 Å². The zero-order valence-electron chi connectivity index (χ0n) is 13.4. The Labute approximate surface area is 148 Å². The second-order valence-electron chi connectivity index (χ2n) is 5.33. The quantitative estimate of drug-likeness (QED) is 0.646. The van der Waals surface area contributed by atoms with Crippen molar-refractivity contribution in [2.24, 2.45) is 5.73 Å². The summed E-state index contributed by atoms with van der Waals surface area (Å²) >= 11 is 0. The molecule has 0 aromatic heterocycles. The van der Waals surface area contributed by atoms with E-state index in [-0.39, 0.29) is 18.4 Å². The summed E-state index contributed by atoms with van der Waals surface area (Å²) in [5, 5.41) is 0. The molecule has 0 spiro atoms. The normalized spacial score (nSPS) is 11.2. The highest BCUT2D eigenvalue weighted by molar-refractivity contribution is 5.85. The molecule has 1 atom stereocenters. The van der Waals surface area contributed by atoms with Gasteiger partial charge in [-0.3, -0.25) is 0 Å². The summed E-state index contributed by atoms with van der Waals surface area (Å²) in [5.41, 5.74) is 6.98. The second-order valence-corrected chi connectivity index (χ2v) is 5.33. The first-order chi connectivity index (χ1) is 11.2. The maximum atomic E-state index is 5.99. The molecule has 124 valence electrons. The number of hydrogen-bond acceptors (Lipinski definition) is 3. The SMILES string of the molecule is C[C@@H](N)c1ccc(Oc2ccccc2)c(Oc2ccccc2)c1.Cl. The third-order valence-corrected chi connectivity index (χ3v) is 3.44. The third-order valence-electron chi connectivity index (χ3n) is 3.44. The van der Waals surface area contributed by atoms with Crippen molar-refractivity contribution >= 4 is 12.4 Å². The van der Waals surface area contributed by atoms with Gasteiger partial charge >= 0.3 is 0 Å². The summed E-state index contributed by atoms with van der Waals surface area (Å²) in [5.74, 6) is 2.82. The Morgan fingerprint density at radius 2 is 1.21 bits per heavy atom. The van der Waals surface area contributed by atoms with Gasteiger partial charge in [0, 0.05) is 6.04 Å². The minimum absolute atomic E-state index is 0. The number of rotatable bonds is 5. The predicted octanol–water partition coefficient (Wildman–Crippen LogP) is 5.71. The summed E-state index contributed by atoms with van der Waals surface area (Å²) in [6.45, 7) is 1.94. The standard InChI is InChI=1S/C20H19NO2.ClH/c1-15(21)16-12-13-19(22-17-8-4-2-5-9-17)20(14-16)23-18-10-6-3-7-11-18;/h2-15H,21H2,1H3;1H/t15-;/m1./s1.